The third-order valence-corrected chi connectivity index (χ3v) is 8.05. The maximum absolute atomic E-state index is 14.5. The van der Waals surface area contributed by atoms with Crippen molar-refractivity contribution in [3.05, 3.63) is 29.3 Å². The largest absolute Gasteiger partial charge is 0.460 e. The van der Waals surface area contributed by atoms with Gasteiger partial charge < -0.3 is 5.32 Å². The molecule has 35 heteroatoms. The molecule has 4 nitrogen and oxygen atoms in total. The van der Waals surface area contributed by atoms with Crippen LogP contribution in [0.2, 0.25) is 0 Å². The summed E-state index contributed by atoms with van der Waals surface area (Å²) < 4.78 is 427. The van der Waals surface area contributed by atoms with Crippen LogP contribution in [0.5, 0.6) is 0 Å². The first kappa shape index (κ1) is 55.9. The first-order valence-electron chi connectivity index (χ1n) is 14.6. The van der Waals surface area contributed by atoms with Gasteiger partial charge in [0.15, 0.2) is 0 Å². The normalized spacial score (nSPS) is 16.2. The van der Waals surface area contributed by atoms with E-state index in [9.17, 15) is 146 Å². The molecule has 0 bridgehead atoms. The molecule has 1 aromatic rings. The van der Waals surface area contributed by atoms with Gasteiger partial charge in [-0.2, -0.15) is 141 Å². The molecule has 360 valence electrons. The van der Waals surface area contributed by atoms with Crippen LogP contribution in [0, 0.1) is 6.92 Å². The molecule has 0 spiro atoms. The Labute approximate surface area is 319 Å². The van der Waals surface area contributed by atoms with Crippen molar-refractivity contribution >= 4 is 17.7 Å². The van der Waals surface area contributed by atoms with E-state index in [0.717, 1.165) is 31.2 Å². The van der Waals surface area contributed by atoms with Crippen LogP contribution in [0.15, 0.2) is 23.2 Å². The second kappa shape index (κ2) is 15.3. The second-order valence-electron chi connectivity index (χ2n) is 12.5. The van der Waals surface area contributed by atoms with Crippen LogP contribution in [-0.4, -0.2) is 107 Å². The number of alkyl halides is 31. The SMILES string of the molecule is Cc1ccc(N=C=O)c(C(=O)NC(C)CC(F)(F)C(F)(F)C(F)(F)C(F)(F)C(F)(F)C(F)(F)C(F)(F)C(F)(F)C(F)(F)C(F)(F)C(F)(F)C(F)(F)C(F)(F)C(F)(F)C(F)(F)F)c1. The zero-order chi connectivity index (χ0) is 50.3. The van der Waals surface area contributed by atoms with Gasteiger partial charge >= 0.3 is 89.1 Å². The van der Waals surface area contributed by atoms with E-state index >= 15 is 0 Å². The number of amides is 1. The number of carbonyl (C=O) groups excluding carboxylic acids is 2. The molecule has 1 rings (SSSR count). The highest BCUT2D eigenvalue weighted by Crippen LogP contribution is 2.69. The zero-order valence-corrected chi connectivity index (χ0v) is 28.5. The number of aryl methyl sites for hydroxylation is 1. The van der Waals surface area contributed by atoms with E-state index in [1.807, 2.05) is 0 Å². The minimum Gasteiger partial charge on any atom is -0.349 e. The number of carbonyl (C=O) groups is 1. The number of rotatable bonds is 18. The van der Waals surface area contributed by atoms with Gasteiger partial charge in [0, 0.05) is 12.5 Å². The van der Waals surface area contributed by atoms with Crippen molar-refractivity contribution in [2.45, 2.75) is 115 Å². The average Bonchev–Trinajstić information content (AvgIpc) is 3.06. The highest BCUT2D eigenvalue weighted by Gasteiger charge is 3.01. The van der Waals surface area contributed by atoms with Crippen LogP contribution in [0.25, 0.3) is 0 Å². The Balaban J connectivity index is 3.85. The Bertz CT molecular complexity index is 1880. The molecule has 0 aliphatic heterocycles. The number of hydrogen-bond acceptors (Lipinski definition) is 3. The highest BCUT2D eigenvalue weighted by molar-refractivity contribution is 5.99. The molecule has 0 aromatic heterocycles. The van der Waals surface area contributed by atoms with E-state index in [1.165, 1.54) is 5.32 Å². The Hall–Kier alpha value is -4.10. The van der Waals surface area contributed by atoms with Gasteiger partial charge in [-0.3, -0.25) is 4.79 Å². The van der Waals surface area contributed by atoms with Gasteiger partial charge in [-0.05, 0) is 26.0 Å². The lowest BCUT2D eigenvalue weighted by atomic mass is 9.82. The topological polar surface area (TPSA) is 58.5 Å². The van der Waals surface area contributed by atoms with Gasteiger partial charge in [0.1, 0.15) is 0 Å². The smallest absolute Gasteiger partial charge is 0.349 e. The third kappa shape index (κ3) is 7.40. The van der Waals surface area contributed by atoms with Crippen LogP contribution in [0.4, 0.5) is 142 Å². The predicted octanol–water partition coefficient (Wildman–Crippen LogP) is 11.9. The number of aliphatic imine (C=N–C) groups is 1. The number of nitrogens with one attached hydrogen (secondary N) is 1. The maximum atomic E-state index is 14.5. The Morgan fingerprint density at radius 2 is 0.774 bits per heavy atom. The van der Waals surface area contributed by atoms with Crippen molar-refractivity contribution < 1.29 is 146 Å². The predicted molar refractivity (Wildman–Crippen MR) is 136 cm³/mol. The number of nitrogens with zero attached hydrogens (tertiary/aromatic N) is 1. The van der Waals surface area contributed by atoms with Crippen LogP contribution >= 0.6 is 0 Å². The fourth-order valence-corrected chi connectivity index (χ4v) is 4.42. The summed E-state index contributed by atoms with van der Waals surface area (Å²) in [6, 6.07) is -0.293. The second-order valence-corrected chi connectivity index (χ2v) is 12.5. The summed E-state index contributed by atoms with van der Waals surface area (Å²) in [4.78, 5) is 25.8. The van der Waals surface area contributed by atoms with Gasteiger partial charge in [-0.15, -0.1) is 0 Å². The molecule has 0 aliphatic carbocycles. The van der Waals surface area contributed by atoms with Crippen molar-refractivity contribution in [2.75, 3.05) is 0 Å². The van der Waals surface area contributed by atoms with Crippen molar-refractivity contribution in [3.8, 4) is 0 Å². The molecule has 62 heavy (non-hydrogen) atoms. The molecule has 0 heterocycles. The fraction of sp³-hybridized carbons (Fsp3) is 0.704. The lowest BCUT2D eigenvalue weighted by Crippen LogP contribution is -2.79. The van der Waals surface area contributed by atoms with Gasteiger partial charge in [-0.25, -0.2) is 4.79 Å². The summed E-state index contributed by atoms with van der Waals surface area (Å²) in [7, 11) is 0. The standard InChI is InChI=1S/C27H13F31N2O2/c1-8-3-4-11(59-7-61)10(5-8)12(62)60-9(2)6-13(28,29)14(30,31)15(32,33)16(34,35)17(36,37)18(38,39)19(40,41)20(42,43)21(44,45)22(46,47)23(48,49)24(50,51)25(52,53)26(54,55)27(56,57)58/h3-5,9H,6H2,1-2H3,(H,60,62). The van der Waals surface area contributed by atoms with E-state index in [1.54, 1.807) is 0 Å². The average molecular weight is 986 g/mol. The van der Waals surface area contributed by atoms with Crippen molar-refractivity contribution in [1.82, 2.24) is 5.32 Å². The first-order valence-corrected chi connectivity index (χ1v) is 14.6. The van der Waals surface area contributed by atoms with E-state index in [2.05, 4.69) is 4.99 Å². The van der Waals surface area contributed by atoms with E-state index in [0.29, 0.717) is 0 Å². The Morgan fingerprint density at radius 1 is 0.500 bits per heavy atom. The molecule has 0 radical (unpaired) electrons. The molecular weight excluding hydrogens is 973 g/mol. The quantitative estimate of drug-likeness (QED) is 0.0905. The summed E-state index contributed by atoms with van der Waals surface area (Å²) in [6.45, 7) is 1.20. The Kier molecular flexibility index (Phi) is 13.8. The summed E-state index contributed by atoms with van der Waals surface area (Å²) in [5.74, 6) is -134. The molecule has 0 saturated heterocycles. The van der Waals surface area contributed by atoms with Crippen LogP contribution in [-0.2, 0) is 4.79 Å². The number of hydrogen-bond donors (Lipinski definition) is 1. The molecule has 1 amide bonds. The fourth-order valence-electron chi connectivity index (χ4n) is 4.42. The molecular formula is C27H13F31N2O2. The van der Waals surface area contributed by atoms with Crippen LogP contribution in [0.1, 0.15) is 29.3 Å². The third-order valence-electron chi connectivity index (χ3n) is 8.05. The number of isocyanates is 1. The lowest BCUT2D eigenvalue weighted by Gasteiger charge is -2.46. The van der Waals surface area contributed by atoms with E-state index < -0.39 is 119 Å². The molecule has 0 aliphatic rings. The Morgan fingerprint density at radius 3 is 1.05 bits per heavy atom. The van der Waals surface area contributed by atoms with E-state index in [-0.39, 0.29) is 12.5 Å². The van der Waals surface area contributed by atoms with Crippen molar-refractivity contribution in [2.24, 2.45) is 4.99 Å². The molecule has 1 atom stereocenters. The van der Waals surface area contributed by atoms with Crippen LogP contribution in [0.3, 0.4) is 0 Å². The van der Waals surface area contributed by atoms with Gasteiger partial charge in [0.05, 0.1) is 11.3 Å². The van der Waals surface area contributed by atoms with Crippen molar-refractivity contribution in [1.29, 1.82) is 0 Å². The summed E-state index contributed by atoms with van der Waals surface area (Å²) >= 11 is 0. The minimum atomic E-state index is -10.1. The summed E-state index contributed by atoms with van der Waals surface area (Å²) in [5.41, 5.74) is -1.60. The van der Waals surface area contributed by atoms with Gasteiger partial charge in [0.25, 0.3) is 5.91 Å². The molecule has 0 fully saturated rings. The first-order chi connectivity index (χ1) is 26.7. The van der Waals surface area contributed by atoms with Gasteiger partial charge in [-0.1, -0.05) is 11.6 Å². The lowest BCUT2D eigenvalue weighted by molar-refractivity contribution is -0.489. The molecule has 0 saturated carbocycles. The maximum Gasteiger partial charge on any atom is 0.460 e. The number of benzene rings is 1. The minimum absolute atomic E-state index is 0.0289. The highest BCUT2D eigenvalue weighted by atomic mass is 19.4. The van der Waals surface area contributed by atoms with E-state index in [4.69, 9.17) is 0 Å². The molecule has 1 aromatic carbocycles. The molecule has 1 N–H and O–H groups in total. The van der Waals surface area contributed by atoms with Gasteiger partial charge in [0.2, 0.25) is 6.08 Å². The van der Waals surface area contributed by atoms with Crippen LogP contribution < -0.4 is 5.32 Å². The molecule has 1 unspecified atom stereocenters. The summed E-state index contributed by atoms with van der Waals surface area (Å²) in [6.07, 6.45) is -10.8. The van der Waals surface area contributed by atoms with Crippen molar-refractivity contribution in [3.63, 3.8) is 0 Å². The monoisotopic (exact) mass is 986 g/mol. The zero-order valence-electron chi connectivity index (χ0n) is 28.5. The number of halogens is 31. The summed E-state index contributed by atoms with van der Waals surface area (Å²) in [5, 5.41) is 1.21.